The predicted molar refractivity (Wildman–Crippen MR) is 176 cm³/mol. The third-order valence-corrected chi connectivity index (χ3v) is 7.24. The molecular weight excluding hydrogens is 621 g/mol. The van der Waals surface area contributed by atoms with Gasteiger partial charge in [-0.15, -0.1) is 0 Å². The fraction of sp³-hybridized carbons (Fsp3) is 0.382. The van der Waals surface area contributed by atoms with Gasteiger partial charge in [-0.2, -0.15) is 5.26 Å². The highest BCUT2D eigenvalue weighted by Gasteiger charge is 2.39. The second-order valence-electron chi connectivity index (χ2n) is 11.9. The van der Waals surface area contributed by atoms with Gasteiger partial charge in [0.25, 0.3) is 5.91 Å². The van der Waals surface area contributed by atoms with Crippen molar-refractivity contribution < 1.29 is 23.1 Å². The van der Waals surface area contributed by atoms with Gasteiger partial charge in [-0.1, -0.05) is 62.2 Å². The molecule has 0 saturated carbocycles. The fourth-order valence-corrected chi connectivity index (χ4v) is 5.14. The van der Waals surface area contributed by atoms with Gasteiger partial charge in [-0.3, -0.25) is 9.59 Å². The molecule has 0 aliphatic carbocycles. The second kappa shape index (κ2) is 17.7. The predicted octanol–water partition coefficient (Wildman–Crippen LogP) is 7.99. The smallest absolute Gasteiger partial charge is 0.251 e. The van der Waals surface area contributed by atoms with Crippen molar-refractivity contribution >= 4 is 41.2 Å². The summed E-state index contributed by atoms with van der Waals surface area (Å²) < 4.78 is 31.3. The van der Waals surface area contributed by atoms with Crippen LogP contribution in [0.5, 0.6) is 5.75 Å². The van der Waals surface area contributed by atoms with Crippen LogP contribution in [0, 0.1) is 34.3 Å². The molecule has 4 rings (SSSR count). The highest BCUT2D eigenvalue weighted by atomic mass is 35.5. The van der Waals surface area contributed by atoms with Crippen LogP contribution >= 0.6 is 23.2 Å². The SMILES string of the molecule is CC(C)(C)CC1NC[C@H](c2cccc(Cl)c2F)C1C#N.COc1cc(C(=O)NC(C)C)ccc1NC=O.Fc1cccc(Cl)c1. The van der Waals surface area contributed by atoms with E-state index in [2.05, 4.69) is 42.8 Å². The molecule has 1 fully saturated rings. The van der Waals surface area contributed by atoms with Crippen molar-refractivity contribution in [3.63, 3.8) is 0 Å². The Hall–Kier alpha value is -3.71. The van der Waals surface area contributed by atoms with Crippen LogP contribution in [-0.2, 0) is 4.79 Å². The van der Waals surface area contributed by atoms with Gasteiger partial charge in [0.2, 0.25) is 6.41 Å². The van der Waals surface area contributed by atoms with Gasteiger partial charge in [-0.25, -0.2) is 8.78 Å². The van der Waals surface area contributed by atoms with E-state index in [0.717, 1.165) is 6.42 Å². The molecule has 7 nitrogen and oxygen atoms in total. The summed E-state index contributed by atoms with van der Waals surface area (Å²) in [6, 6.07) is 18.2. The minimum atomic E-state index is -0.391. The Morgan fingerprint density at radius 1 is 1.13 bits per heavy atom. The lowest BCUT2D eigenvalue weighted by Gasteiger charge is -2.26. The Morgan fingerprint density at radius 3 is 2.36 bits per heavy atom. The molecule has 1 heterocycles. The third-order valence-electron chi connectivity index (χ3n) is 6.71. The molecule has 1 aliphatic rings. The molecule has 1 saturated heterocycles. The van der Waals surface area contributed by atoms with Gasteiger partial charge in [0.05, 0.1) is 29.8 Å². The quantitative estimate of drug-likeness (QED) is 0.223. The number of rotatable bonds is 7. The molecule has 3 aromatic rings. The van der Waals surface area contributed by atoms with Crippen molar-refractivity contribution in [3.05, 3.63) is 93.5 Å². The lowest BCUT2D eigenvalue weighted by Crippen LogP contribution is -2.31. The van der Waals surface area contributed by atoms with Gasteiger partial charge in [0, 0.05) is 35.1 Å². The van der Waals surface area contributed by atoms with Crippen LogP contribution in [-0.4, -0.2) is 38.1 Å². The number of benzene rings is 3. The van der Waals surface area contributed by atoms with Crippen molar-refractivity contribution in [1.82, 2.24) is 10.6 Å². The van der Waals surface area contributed by atoms with Crippen LogP contribution in [0.2, 0.25) is 10.0 Å². The maximum absolute atomic E-state index is 14.2. The van der Waals surface area contributed by atoms with E-state index in [9.17, 15) is 23.6 Å². The maximum atomic E-state index is 14.2. The molecule has 3 aromatic carbocycles. The molecule has 2 amide bonds. The highest BCUT2D eigenvalue weighted by molar-refractivity contribution is 6.31. The number of hydrogen-bond acceptors (Lipinski definition) is 5. The van der Waals surface area contributed by atoms with Gasteiger partial charge < -0.3 is 20.7 Å². The minimum Gasteiger partial charge on any atom is -0.495 e. The number of nitrogens with one attached hydrogen (secondary N) is 3. The van der Waals surface area contributed by atoms with E-state index in [4.69, 9.17) is 27.9 Å². The largest absolute Gasteiger partial charge is 0.495 e. The zero-order valence-corrected chi connectivity index (χ0v) is 27.8. The molecule has 0 bridgehead atoms. The van der Waals surface area contributed by atoms with Crippen molar-refractivity contribution in [2.75, 3.05) is 19.0 Å². The van der Waals surface area contributed by atoms with E-state index < -0.39 is 5.82 Å². The van der Waals surface area contributed by atoms with Crippen LogP contribution in [0.4, 0.5) is 14.5 Å². The van der Waals surface area contributed by atoms with E-state index in [-0.39, 0.29) is 46.1 Å². The summed E-state index contributed by atoms with van der Waals surface area (Å²) in [6.07, 6.45) is 1.45. The lowest BCUT2D eigenvalue weighted by molar-refractivity contribution is -0.105. The summed E-state index contributed by atoms with van der Waals surface area (Å²) in [5, 5.41) is 18.7. The Bertz CT molecular complexity index is 1460. The van der Waals surface area contributed by atoms with Gasteiger partial charge in [0.1, 0.15) is 17.4 Å². The first-order chi connectivity index (χ1) is 21.2. The highest BCUT2D eigenvalue weighted by Crippen LogP contribution is 2.38. The molecule has 0 aromatic heterocycles. The average molecular weight is 662 g/mol. The molecular formula is C34H40Cl2F2N4O3. The minimum absolute atomic E-state index is 0.0706. The second-order valence-corrected chi connectivity index (χ2v) is 12.8. The van der Waals surface area contributed by atoms with Crippen molar-refractivity contribution in [2.24, 2.45) is 11.3 Å². The molecule has 2 unspecified atom stereocenters. The zero-order chi connectivity index (χ0) is 33.7. The standard InChI is InChI=1S/C16H20ClFN2.C12H16N2O3.C6H4ClF/c1-16(2,3)7-14-11(8-19)12(9-20-14)10-5-4-6-13(17)15(10)18;1-8(2)14-12(16)9-4-5-10(13-7-15)11(6-9)17-3;7-5-2-1-3-6(8)4-5/h4-6,11-12,14,20H,7,9H2,1-3H3;4-8H,1-3H3,(H,13,15)(H,14,16);1-4H/t11?,12-,14?;;/m1../s1. The summed E-state index contributed by atoms with van der Waals surface area (Å²) in [4.78, 5) is 22.1. The van der Waals surface area contributed by atoms with Crippen LogP contribution in [0.15, 0.2) is 60.7 Å². The first-order valence-corrected chi connectivity index (χ1v) is 15.1. The van der Waals surface area contributed by atoms with Crippen LogP contribution < -0.4 is 20.7 Å². The summed E-state index contributed by atoms with van der Waals surface area (Å²) in [6.45, 7) is 10.8. The number of nitrogens with zero attached hydrogens (tertiary/aromatic N) is 1. The molecule has 1 aliphatic heterocycles. The molecule has 242 valence electrons. The van der Waals surface area contributed by atoms with E-state index >= 15 is 0 Å². The zero-order valence-electron chi connectivity index (χ0n) is 26.3. The topological polar surface area (TPSA) is 103 Å². The Morgan fingerprint density at radius 2 is 1.82 bits per heavy atom. The number of carbonyl (C=O) groups is 2. The van der Waals surface area contributed by atoms with Gasteiger partial charge in [-0.05, 0) is 73.7 Å². The number of methoxy groups -OCH3 is 1. The van der Waals surface area contributed by atoms with E-state index in [1.54, 1.807) is 42.5 Å². The normalized spacial score (nSPS) is 17.2. The van der Waals surface area contributed by atoms with Crippen LogP contribution in [0.25, 0.3) is 0 Å². The average Bonchev–Trinajstić information content (AvgIpc) is 3.35. The first-order valence-electron chi connectivity index (χ1n) is 14.4. The van der Waals surface area contributed by atoms with E-state index in [0.29, 0.717) is 40.5 Å². The van der Waals surface area contributed by atoms with Gasteiger partial charge in [0.15, 0.2) is 0 Å². The van der Waals surface area contributed by atoms with Crippen molar-refractivity contribution in [2.45, 2.75) is 59.0 Å². The number of halogens is 4. The Labute approximate surface area is 274 Å². The third kappa shape index (κ3) is 12.0. The van der Waals surface area contributed by atoms with E-state index in [1.807, 2.05) is 13.8 Å². The Balaban J connectivity index is 0.000000255. The summed E-state index contributed by atoms with van der Waals surface area (Å²) >= 11 is 11.3. The molecule has 3 N–H and O–H groups in total. The molecule has 0 radical (unpaired) electrons. The summed E-state index contributed by atoms with van der Waals surface area (Å²) in [5.74, 6) is -0.757. The fourth-order valence-electron chi connectivity index (χ4n) is 4.78. The van der Waals surface area contributed by atoms with Crippen molar-refractivity contribution in [1.29, 1.82) is 5.26 Å². The number of ether oxygens (including phenoxy) is 1. The first kappa shape index (κ1) is 37.5. The molecule has 0 spiro atoms. The maximum Gasteiger partial charge on any atom is 0.251 e. The van der Waals surface area contributed by atoms with Crippen LogP contribution in [0.1, 0.15) is 62.9 Å². The molecule has 45 heavy (non-hydrogen) atoms. The van der Waals surface area contributed by atoms with Gasteiger partial charge >= 0.3 is 0 Å². The number of hydrogen-bond donors (Lipinski definition) is 3. The Kier molecular flexibility index (Phi) is 14.7. The lowest BCUT2D eigenvalue weighted by atomic mass is 9.79. The summed E-state index contributed by atoms with van der Waals surface area (Å²) in [7, 11) is 1.48. The number of amides is 2. The number of anilines is 1. The summed E-state index contributed by atoms with van der Waals surface area (Å²) in [5.41, 5.74) is 1.71. The monoisotopic (exact) mass is 660 g/mol. The van der Waals surface area contributed by atoms with Crippen LogP contribution in [0.3, 0.4) is 0 Å². The number of carbonyl (C=O) groups excluding carboxylic acids is 2. The number of nitriles is 1. The molecule has 3 atom stereocenters. The molecule has 11 heteroatoms. The van der Waals surface area contributed by atoms with E-state index in [1.165, 1.54) is 25.3 Å². The van der Waals surface area contributed by atoms with Crippen molar-refractivity contribution in [3.8, 4) is 11.8 Å².